The molecule has 0 bridgehead atoms. The molecule has 3 rings (SSSR count). The number of thiocarbonyl (C=S) groups is 1. The van der Waals surface area contributed by atoms with Gasteiger partial charge in [0.2, 0.25) is 5.91 Å². The first-order valence-corrected chi connectivity index (χ1v) is 9.30. The Kier molecular flexibility index (Phi) is 5.58. The highest BCUT2D eigenvalue weighted by atomic mass is 32.2. The van der Waals surface area contributed by atoms with Crippen molar-refractivity contribution >= 4 is 45.8 Å². The lowest BCUT2D eigenvalue weighted by atomic mass is 10.0. The van der Waals surface area contributed by atoms with Gasteiger partial charge < -0.3 is 10.1 Å². The highest BCUT2D eigenvalue weighted by molar-refractivity contribution is 8.23. The van der Waals surface area contributed by atoms with E-state index in [1.165, 1.54) is 23.6 Å². The van der Waals surface area contributed by atoms with Gasteiger partial charge in [-0.25, -0.2) is 0 Å². The largest absolute Gasteiger partial charge is 0.497 e. The van der Waals surface area contributed by atoms with Gasteiger partial charge in [0.25, 0.3) is 5.91 Å². The molecular formula is C19H18N2O3S2. The van der Waals surface area contributed by atoms with Crippen molar-refractivity contribution in [3.8, 4) is 5.75 Å². The van der Waals surface area contributed by atoms with Crippen molar-refractivity contribution in [2.75, 3.05) is 12.0 Å². The molecule has 0 aromatic heterocycles. The molecule has 1 heterocycles. The van der Waals surface area contributed by atoms with E-state index in [1.54, 1.807) is 7.11 Å². The van der Waals surface area contributed by atoms with Crippen LogP contribution < -0.4 is 15.0 Å². The molecule has 7 heteroatoms. The van der Waals surface area contributed by atoms with Crippen LogP contribution in [0.15, 0.2) is 54.6 Å². The first-order valence-electron chi connectivity index (χ1n) is 8.02. The molecule has 0 unspecified atom stereocenters. The molecule has 1 fully saturated rings. The Bertz CT molecular complexity index is 824. The van der Waals surface area contributed by atoms with E-state index in [9.17, 15) is 9.59 Å². The van der Waals surface area contributed by atoms with E-state index in [4.69, 9.17) is 17.0 Å². The summed E-state index contributed by atoms with van der Waals surface area (Å²) in [6.07, 6.45) is 0. The van der Waals surface area contributed by atoms with Crippen molar-refractivity contribution in [3.05, 3.63) is 60.2 Å². The molecule has 0 radical (unpaired) electrons. The number of hydrogen-bond donors (Lipinski definition) is 1. The Morgan fingerprint density at radius 1 is 1.15 bits per heavy atom. The number of rotatable bonds is 4. The van der Waals surface area contributed by atoms with Crippen LogP contribution in [-0.2, 0) is 9.59 Å². The lowest BCUT2D eigenvalue weighted by Crippen LogP contribution is -2.55. The highest BCUT2D eigenvalue weighted by Crippen LogP contribution is 2.41. The Labute approximate surface area is 161 Å². The summed E-state index contributed by atoms with van der Waals surface area (Å²) in [6.45, 7) is 1.41. The molecule has 1 saturated heterocycles. The summed E-state index contributed by atoms with van der Waals surface area (Å²) in [5.41, 5.74) is 1.59. The number of ether oxygens (including phenoxy) is 1. The summed E-state index contributed by atoms with van der Waals surface area (Å²) >= 11 is 6.90. The molecule has 1 aliphatic rings. The maximum Gasteiger partial charge on any atom is 0.256 e. The quantitative estimate of drug-likeness (QED) is 0.817. The summed E-state index contributed by atoms with van der Waals surface area (Å²) < 4.78 is 5.65. The van der Waals surface area contributed by atoms with Gasteiger partial charge in [-0.15, -0.1) is 0 Å². The second-order valence-corrected chi connectivity index (χ2v) is 7.54. The standard InChI is InChI=1S/C19H18N2O3S2/c1-12(22)20-16-17(13-8-10-15(24-2)11-9-13)26-19(25)21(18(16)23)14-6-4-3-5-7-14/h3-11,16-17H,1-2H3,(H,20,22)/t16-,17+/m0/s1. The number of para-hydroxylation sites is 1. The van der Waals surface area contributed by atoms with E-state index < -0.39 is 6.04 Å². The topological polar surface area (TPSA) is 58.6 Å². The smallest absolute Gasteiger partial charge is 0.256 e. The van der Waals surface area contributed by atoms with Crippen molar-refractivity contribution in [1.82, 2.24) is 5.32 Å². The first kappa shape index (κ1) is 18.4. The van der Waals surface area contributed by atoms with Crippen LogP contribution in [0.3, 0.4) is 0 Å². The van der Waals surface area contributed by atoms with E-state index in [-0.39, 0.29) is 17.1 Å². The van der Waals surface area contributed by atoms with Crippen LogP contribution in [0.1, 0.15) is 17.7 Å². The molecule has 1 aliphatic heterocycles. The second-order valence-electron chi connectivity index (χ2n) is 5.76. The molecule has 26 heavy (non-hydrogen) atoms. The molecular weight excluding hydrogens is 368 g/mol. The lowest BCUT2D eigenvalue weighted by Gasteiger charge is -2.37. The maximum absolute atomic E-state index is 13.2. The lowest BCUT2D eigenvalue weighted by molar-refractivity contribution is -0.126. The monoisotopic (exact) mass is 386 g/mol. The molecule has 0 aliphatic carbocycles. The predicted octanol–water partition coefficient (Wildman–Crippen LogP) is 3.31. The zero-order chi connectivity index (χ0) is 18.7. The van der Waals surface area contributed by atoms with Crippen LogP contribution in [0.5, 0.6) is 5.75 Å². The van der Waals surface area contributed by atoms with E-state index in [0.29, 0.717) is 10.0 Å². The highest BCUT2D eigenvalue weighted by Gasteiger charge is 2.42. The number of benzene rings is 2. The fourth-order valence-electron chi connectivity index (χ4n) is 2.81. The van der Waals surface area contributed by atoms with Gasteiger partial charge in [0.1, 0.15) is 16.1 Å². The van der Waals surface area contributed by atoms with Gasteiger partial charge in [-0.2, -0.15) is 0 Å². The van der Waals surface area contributed by atoms with Crippen LogP contribution >= 0.6 is 24.0 Å². The summed E-state index contributed by atoms with van der Waals surface area (Å²) in [4.78, 5) is 26.4. The van der Waals surface area contributed by atoms with Crippen molar-refractivity contribution in [1.29, 1.82) is 0 Å². The van der Waals surface area contributed by atoms with Crippen LogP contribution in [0.4, 0.5) is 5.69 Å². The van der Waals surface area contributed by atoms with Gasteiger partial charge >= 0.3 is 0 Å². The Morgan fingerprint density at radius 2 is 1.81 bits per heavy atom. The summed E-state index contributed by atoms with van der Waals surface area (Å²) in [5, 5.41) is 2.49. The van der Waals surface area contributed by atoms with Gasteiger partial charge in [0.05, 0.1) is 18.0 Å². The number of thioether (sulfide) groups is 1. The van der Waals surface area contributed by atoms with Crippen molar-refractivity contribution < 1.29 is 14.3 Å². The Balaban J connectivity index is 1.96. The number of methoxy groups -OCH3 is 1. The molecule has 2 aromatic carbocycles. The normalized spacial score (nSPS) is 20.0. The van der Waals surface area contributed by atoms with Crippen LogP contribution in [0, 0.1) is 0 Å². The number of amides is 2. The maximum atomic E-state index is 13.2. The number of carbonyl (C=O) groups excluding carboxylic acids is 2. The number of anilines is 1. The number of carbonyl (C=O) groups is 2. The number of nitrogens with one attached hydrogen (secondary N) is 1. The average Bonchev–Trinajstić information content (AvgIpc) is 2.64. The number of nitrogens with zero attached hydrogens (tertiary/aromatic N) is 1. The summed E-state index contributed by atoms with van der Waals surface area (Å²) in [5.74, 6) is 0.227. The zero-order valence-electron chi connectivity index (χ0n) is 14.3. The van der Waals surface area contributed by atoms with E-state index in [1.807, 2.05) is 54.6 Å². The molecule has 2 amide bonds. The molecule has 2 atom stereocenters. The average molecular weight is 386 g/mol. The minimum atomic E-state index is -0.710. The minimum Gasteiger partial charge on any atom is -0.497 e. The molecule has 1 N–H and O–H groups in total. The van der Waals surface area contributed by atoms with Gasteiger partial charge in [-0.3, -0.25) is 14.5 Å². The Hall–Kier alpha value is -2.38. The van der Waals surface area contributed by atoms with E-state index in [0.717, 1.165) is 11.3 Å². The van der Waals surface area contributed by atoms with Gasteiger partial charge in [-0.05, 0) is 29.8 Å². The van der Waals surface area contributed by atoms with Crippen molar-refractivity contribution in [2.45, 2.75) is 18.2 Å². The van der Waals surface area contributed by atoms with Gasteiger partial charge in [-0.1, -0.05) is 54.3 Å². The van der Waals surface area contributed by atoms with Crippen LogP contribution in [-0.4, -0.2) is 29.3 Å². The first-order chi connectivity index (χ1) is 12.5. The zero-order valence-corrected chi connectivity index (χ0v) is 16.0. The van der Waals surface area contributed by atoms with Crippen LogP contribution in [0.2, 0.25) is 0 Å². The summed E-state index contributed by atoms with van der Waals surface area (Å²) in [6, 6.07) is 15.9. The SMILES string of the molecule is COc1ccc([C@H]2SC(=S)N(c3ccccc3)C(=O)[C@H]2NC(C)=O)cc1. The van der Waals surface area contributed by atoms with Crippen molar-refractivity contribution in [2.24, 2.45) is 0 Å². The Morgan fingerprint density at radius 3 is 2.38 bits per heavy atom. The molecule has 134 valence electrons. The van der Waals surface area contributed by atoms with Gasteiger partial charge in [0, 0.05) is 6.92 Å². The fourth-order valence-corrected chi connectivity index (χ4v) is 4.45. The third-order valence-electron chi connectivity index (χ3n) is 4.02. The van der Waals surface area contributed by atoms with Gasteiger partial charge in [0.15, 0.2) is 0 Å². The number of hydrogen-bond acceptors (Lipinski definition) is 5. The minimum absolute atomic E-state index is 0.240. The summed E-state index contributed by atoms with van der Waals surface area (Å²) in [7, 11) is 1.60. The van der Waals surface area contributed by atoms with Crippen molar-refractivity contribution in [3.63, 3.8) is 0 Å². The van der Waals surface area contributed by atoms with Crippen LogP contribution in [0.25, 0.3) is 0 Å². The molecule has 5 nitrogen and oxygen atoms in total. The predicted molar refractivity (Wildman–Crippen MR) is 107 cm³/mol. The fraction of sp³-hybridized carbons (Fsp3) is 0.211. The van der Waals surface area contributed by atoms with E-state index in [2.05, 4.69) is 5.32 Å². The second kappa shape index (κ2) is 7.88. The third kappa shape index (κ3) is 3.73. The third-order valence-corrected chi connectivity index (χ3v) is 5.67. The molecule has 0 saturated carbocycles. The molecule has 2 aromatic rings. The van der Waals surface area contributed by atoms with E-state index >= 15 is 0 Å². The molecule has 0 spiro atoms.